The molecule has 1 N–H and O–H groups in total. The van der Waals surface area contributed by atoms with Gasteiger partial charge in [-0.05, 0) is 41.7 Å². The zero-order chi connectivity index (χ0) is 20.8. The van der Waals surface area contributed by atoms with E-state index in [9.17, 15) is 4.79 Å². The molecule has 0 bridgehead atoms. The minimum atomic E-state index is -0.0684. The van der Waals surface area contributed by atoms with Crippen LogP contribution in [0.15, 0.2) is 54.6 Å². The molecule has 3 aromatic rings. The highest BCUT2D eigenvalue weighted by Gasteiger charge is 2.26. The summed E-state index contributed by atoms with van der Waals surface area (Å²) in [5.74, 6) is -0.0684. The monoisotopic (exact) mass is 402 g/mol. The molecule has 2 aromatic carbocycles. The normalized spacial score (nSPS) is 14.2. The Balaban J connectivity index is 1.63. The van der Waals surface area contributed by atoms with Crippen molar-refractivity contribution >= 4 is 28.5 Å². The van der Waals surface area contributed by atoms with Crippen LogP contribution in [-0.4, -0.2) is 44.4 Å². The van der Waals surface area contributed by atoms with E-state index in [0.717, 1.165) is 46.1 Å². The van der Waals surface area contributed by atoms with E-state index >= 15 is 0 Å². The lowest BCUT2D eigenvalue weighted by Gasteiger charge is -2.13. The average Bonchev–Trinajstić information content (AvgIpc) is 3.17. The summed E-state index contributed by atoms with van der Waals surface area (Å²) in [6, 6.07) is 18.1. The van der Waals surface area contributed by atoms with Crippen LogP contribution < -0.4 is 5.32 Å². The number of nitrogens with zero attached hydrogens (tertiary/aromatic N) is 1. The largest absolute Gasteiger partial charge is 0.382 e. The van der Waals surface area contributed by atoms with Gasteiger partial charge in [-0.25, -0.2) is 4.98 Å². The van der Waals surface area contributed by atoms with E-state index in [1.54, 1.807) is 7.11 Å². The molecule has 0 aliphatic heterocycles. The highest BCUT2D eigenvalue weighted by Crippen LogP contribution is 2.37. The van der Waals surface area contributed by atoms with Crippen molar-refractivity contribution in [3.05, 3.63) is 77.0 Å². The van der Waals surface area contributed by atoms with Crippen LogP contribution in [0.25, 0.3) is 22.6 Å². The van der Waals surface area contributed by atoms with E-state index in [0.29, 0.717) is 26.4 Å². The molecule has 1 aliphatic rings. The van der Waals surface area contributed by atoms with Gasteiger partial charge in [0.15, 0.2) is 0 Å². The molecular weight excluding hydrogens is 376 g/mol. The summed E-state index contributed by atoms with van der Waals surface area (Å²) in [5.41, 5.74) is 5.89. The molecule has 0 spiro atoms. The minimum Gasteiger partial charge on any atom is -0.382 e. The number of fused-ring (bicyclic) bond motifs is 2. The Morgan fingerprint density at radius 1 is 1.03 bits per heavy atom. The quantitative estimate of drug-likeness (QED) is 0.576. The van der Waals surface area contributed by atoms with Gasteiger partial charge in [-0.3, -0.25) is 4.79 Å². The molecule has 0 unspecified atom stereocenters. The first kappa shape index (κ1) is 20.3. The Bertz CT molecular complexity index is 1060. The summed E-state index contributed by atoms with van der Waals surface area (Å²) in [6.45, 7) is 1.99. The Hall–Kier alpha value is -3.02. The van der Waals surface area contributed by atoms with Crippen LogP contribution in [0.1, 0.15) is 33.6 Å². The number of hydrogen-bond acceptors (Lipinski definition) is 4. The van der Waals surface area contributed by atoms with Gasteiger partial charge in [0.05, 0.1) is 36.6 Å². The number of amides is 1. The van der Waals surface area contributed by atoms with Gasteiger partial charge in [0, 0.05) is 19.0 Å². The average molecular weight is 402 g/mol. The molecule has 154 valence electrons. The van der Waals surface area contributed by atoms with Gasteiger partial charge in [0.25, 0.3) is 5.91 Å². The zero-order valence-electron chi connectivity index (χ0n) is 17.2. The van der Waals surface area contributed by atoms with Crippen molar-refractivity contribution in [3.63, 3.8) is 0 Å². The van der Waals surface area contributed by atoms with Crippen LogP contribution in [0.4, 0.5) is 0 Å². The molecule has 5 nitrogen and oxygen atoms in total. The third-order valence-corrected chi connectivity index (χ3v) is 5.27. The van der Waals surface area contributed by atoms with Crippen LogP contribution in [0.3, 0.4) is 0 Å². The second-order valence-electron chi connectivity index (χ2n) is 7.27. The number of nitrogens with one attached hydrogen (secondary N) is 1. The van der Waals surface area contributed by atoms with Gasteiger partial charge < -0.3 is 14.8 Å². The van der Waals surface area contributed by atoms with Gasteiger partial charge in [-0.1, -0.05) is 48.5 Å². The Morgan fingerprint density at radius 3 is 2.67 bits per heavy atom. The maximum atomic E-state index is 13.1. The van der Waals surface area contributed by atoms with E-state index in [-0.39, 0.29) is 5.91 Å². The molecule has 1 aromatic heterocycles. The lowest BCUT2D eigenvalue weighted by atomic mass is 10.00. The van der Waals surface area contributed by atoms with Crippen LogP contribution >= 0.6 is 0 Å². The Labute approximate surface area is 176 Å². The molecule has 30 heavy (non-hydrogen) atoms. The standard InChI is InChI=1S/C25H26N2O3/c1-29-15-16-30-14-13-26-25(28)23-20-9-5-6-10-22(20)27-24-19(11-12-21(23)24)17-18-7-3-2-4-8-18/h2-10,17H,11-16H2,1H3,(H,26,28)/b19-17-. The zero-order valence-corrected chi connectivity index (χ0v) is 17.2. The number of aromatic nitrogens is 1. The van der Waals surface area contributed by atoms with Gasteiger partial charge in [-0.15, -0.1) is 0 Å². The highest BCUT2D eigenvalue weighted by molar-refractivity contribution is 6.09. The number of ether oxygens (including phenoxy) is 2. The minimum absolute atomic E-state index is 0.0684. The number of benzene rings is 2. The third kappa shape index (κ3) is 4.42. The number of hydrogen-bond donors (Lipinski definition) is 1. The van der Waals surface area contributed by atoms with Crippen molar-refractivity contribution in [1.29, 1.82) is 0 Å². The number of pyridine rings is 1. The van der Waals surface area contributed by atoms with Crippen molar-refractivity contribution in [1.82, 2.24) is 10.3 Å². The topological polar surface area (TPSA) is 60.5 Å². The number of allylic oxidation sites excluding steroid dienone is 1. The van der Waals surface area contributed by atoms with Crippen LogP contribution in [0.5, 0.6) is 0 Å². The summed E-state index contributed by atoms with van der Waals surface area (Å²) in [6.07, 6.45) is 3.88. The van der Waals surface area contributed by atoms with Crippen molar-refractivity contribution in [2.45, 2.75) is 12.8 Å². The molecule has 4 rings (SSSR count). The molecule has 0 radical (unpaired) electrons. The smallest absolute Gasteiger partial charge is 0.252 e. The predicted octanol–water partition coefficient (Wildman–Crippen LogP) is 4.11. The molecule has 1 heterocycles. The van der Waals surface area contributed by atoms with E-state index in [1.165, 1.54) is 5.57 Å². The summed E-state index contributed by atoms with van der Waals surface area (Å²) in [4.78, 5) is 18.1. The summed E-state index contributed by atoms with van der Waals surface area (Å²) in [7, 11) is 1.64. The number of para-hydroxylation sites is 1. The van der Waals surface area contributed by atoms with E-state index in [4.69, 9.17) is 14.5 Å². The third-order valence-electron chi connectivity index (χ3n) is 5.27. The van der Waals surface area contributed by atoms with Gasteiger partial charge in [0.1, 0.15) is 0 Å². The highest BCUT2D eigenvalue weighted by atomic mass is 16.5. The Kier molecular flexibility index (Phi) is 6.52. The molecule has 1 amide bonds. The first-order valence-corrected chi connectivity index (χ1v) is 10.3. The van der Waals surface area contributed by atoms with Crippen LogP contribution in [-0.2, 0) is 15.9 Å². The number of methoxy groups -OCH3 is 1. The Morgan fingerprint density at radius 2 is 1.83 bits per heavy atom. The van der Waals surface area contributed by atoms with Crippen LogP contribution in [0, 0.1) is 0 Å². The van der Waals surface area contributed by atoms with Gasteiger partial charge >= 0.3 is 0 Å². The maximum Gasteiger partial charge on any atom is 0.252 e. The molecule has 1 aliphatic carbocycles. The molecule has 5 heteroatoms. The number of carbonyl (C=O) groups excluding carboxylic acids is 1. The van der Waals surface area contributed by atoms with Crippen molar-refractivity contribution < 1.29 is 14.3 Å². The predicted molar refractivity (Wildman–Crippen MR) is 119 cm³/mol. The van der Waals surface area contributed by atoms with Gasteiger partial charge in [0.2, 0.25) is 0 Å². The fourth-order valence-corrected chi connectivity index (χ4v) is 3.86. The van der Waals surface area contributed by atoms with Crippen LogP contribution in [0.2, 0.25) is 0 Å². The summed E-state index contributed by atoms with van der Waals surface area (Å²) < 4.78 is 10.4. The molecule has 0 saturated heterocycles. The van der Waals surface area contributed by atoms with Crippen molar-refractivity contribution in [2.24, 2.45) is 0 Å². The first-order chi connectivity index (χ1) is 14.8. The SMILES string of the molecule is COCCOCCNC(=O)c1c2c(nc3ccccc13)/C(=C\c1ccccc1)CC2. The maximum absolute atomic E-state index is 13.1. The second kappa shape index (κ2) is 9.65. The van der Waals surface area contributed by atoms with Crippen molar-refractivity contribution in [2.75, 3.05) is 33.5 Å². The van der Waals surface area contributed by atoms with E-state index in [2.05, 4.69) is 23.5 Å². The molecule has 0 atom stereocenters. The fraction of sp³-hybridized carbons (Fsp3) is 0.280. The van der Waals surface area contributed by atoms with E-state index in [1.807, 2.05) is 42.5 Å². The molecule has 0 saturated carbocycles. The number of carbonyl (C=O) groups is 1. The molecular formula is C25H26N2O3. The summed E-state index contributed by atoms with van der Waals surface area (Å²) in [5, 5.41) is 3.91. The van der Waals surface area contributed by atoms with Gasteiger partial charge in [-0.2, -0.15) is 0 Å². The first-order valence-electron chi connectivity index (χ1n) is 10.3. The van der Waals surface area contributed by atoms with Crippen molar-refractivity contribution in [3.8, 4) is 0 Å². The molecule has 0 fully saturated rings. The number of rotatable bonds is 8. The summed E-state index contributed by atoms with van der Waals surface area (Å²) >= 11 is 0. The lowest BCUT2D eigenvalue weighted by Crippen LogP contribution is -2.29. The second-order valence-corrected chi connectivity index (χ2v) is 7.27. The lowest BCUT2D eigenvalue weighted by molar-refractivity contribution is 0.0693. The fourth-order valence-electron chi connectivity index (χ4n) is 3.86. The van der Waals surface area contributed by atoms with E-state index < -0.39 is 0 Å².